The number of nitrogens with two attached hydrogens (primary N) is 1. The Morgan fingerprint density at radius 3 is 2.31 bits per heavy atom. The highest BCUT2D eigenvalue weighted by molar-refractivity contribution is 5.79. The van der Waals surface area contributed by atoms with E-state index < -0.39 is 6.10 Å². The van der Waals surface area contributed by atoms with E-state index in [1.54, 1.807) is 0 Å². The van der Waals surface area contributed by atoms with E-state index in [9.17, 15) is 14.7 Å². The molecule has 238 valence electrons. The summed E-state index contributed by atoms with van der Waals surface area (Å²) in [5, 5.41) is 17.0. The monoisotopic (exact) mass is 583 g/mol. The van der Waals surface area contributed by atoms with Gasteiger partial charge in [0.25, 0.3) is 0 Å². The Kier molecular flexibility index (Phi) is 13.8. The molecule has 0 heterocycles. The van der Waals surface area contributed by atoms with E-state index in [0.717, 1.165) is 82.9 Å². The first-order chi connectivity index (χ1) is 20.0. The third kappa shape index (κ3) is 10.1. The quantitative estimate of drug-likeness (QED) is 0.174. The smallest absolute Gasteiger partial charge is 0.223 e. The minimum Gasteiger partial charge on any atom is -0.387 e. The lowest BCUT2D eigenvalue weighted by atomic mass is 9.58. The van der Waals surface area contributed by atoms with Gasteiger partial charge in [0.15, 0.2) is 0 Å². The third-order valence-electron chi connectivity index (χ3n) is 10.6. The molecule has 3 rings (SSSR count). The Balaban J connectivity index is 1.61. The highest BCUT2D eigenvalue weighted by atomic mass is 16.3. The highest BCUT2D eigenvalue weighted by Gasteiger charge is 2.45. The van der Waals surface area contributed by atoms with Crippen LogP contribution in [0.15, 0.2) is 30.3 Å². The van der Waals surface area contributed by atoms with Gasteiger partial charge in [0, 0.05) is 24.9 Å². The zero-order chi connectivity index (χ0) is 30.7. The van der Waals surface area contributed by atoms with Crippen LogP contribution >= 0.6 is 0 Å². The number of hydrogen-bond donors (Lipinski definition) is 4. The van der Waals surface area contributed by atoms with Crippen molar-refractivity contribution < 1.29 is 14.7 Å². The standard InChI is InChI=1S/C36H61N3O3/c1-25(2)29-17-16-27(22-30(29)34(41)38-20-12-7-6-11-19-37)23-36(4,5)32-18-15-26(3)21-31(32)35(42)39-24-33(40)28-13-9-8-10-14-28/h8-10,13-14,25-27,29-33,40H,6-7,11-12,15-24,37H2,1-5H3,(H,38,41)(H,39,42)/t26-,27-,29+,30-,31-,32-,33+/m1/s1. The maximum atomic E-state index is 13.6. The fourth-order valence-corrected chi connectivity index (χ4v) is 8.15. The van der Waals surface area contributed by atoms with Crippen LogP contribution in [0.4, 0.5) is 0 Å². The summed E-state index contributed by atoms with van der Waals surface area (Å²) in [6, 6.07) is 9.55. The fourth-order valence-electron chi connectivity index (χ4n) is 8.15. The van der Waals surface area contributed by atoms with Crippen molar-refractivity contribution >= 4 is 11.8 Å². The van der Waals surface area contributed by atoms with Gasteiger partial charge in [-0.2, -0.15) is 0 Å². The largest absolute Gasteiger partial charge is 0.387 e. The Morgan fingerprint density at radius 2 is 1.62 bits per heavy atom. The zero-order valence-corrected chi connectivity index (χ0v) is 27.2. The van der Waals surface area contributed by atoms with Crippen molar-refractivity contribution in [3.8, 4) is 0 Å². The van der Waals surface area contributed by atoms with Gasteiger partial charge in [0.05, 0.1) is 6.10 Å². The summed E-state index contributed by atoms with van der Waals surface area (Å²) < 4.78 is 0. The summed E-state index contributed by atoms with van der Waals surface area (Å²) in [7, 11) is 0. The molecule has 0 aliphatic heterocycles. The van der Waals surface area contributed by atoms with Crippen LogP contribution in [0.3, 0.4) is 0 Å². The molecule has 6 nitrogen and oxygen atoms in total. The lowest BCUT2D eigenvalue weighted by Crippen LogP contribution is -2.46. The third-order valence-corrected chi connectivity index (χ3v) is 10.6. The summed E-state index contributed by atoms with van der Waals surface area (Å²) in [6.45, 7) is 13.3. The molecule has 1 aromatic carbocycles. The van der Waals surface area contributed by atoms with Gasteiger partial charge in [0.1, 0.15) is 0 Å². The second-order valence-electron chi connectivity index (χ2n) is 14.7. The van der Waals surface area contributed by atoms with Crippen molar-refractivity contribution in [2.45, 2.75) is 111 Å². The molecule has 6 heteroatoms. The fraction of sp³-hybridized carbons (Fsp3) is 0.778. The predicted molar refractivity (Wildman–Crippen MR) is 172 cm³/mol. The molecule has 2 saturated carbocycles. The van der Waals surface area contributed by atoms with E-state index >= 15 is 0 Å². The molecule has 0 aromatic heterocycles. The first-order valence-corrected chi connectivity index (χ1v) is 17.0. The summed E-state index contributed by atoms with van der Waals surface area (Å²) in [5.74, 6) is 2.62. The number of carbonyl (C=O) groups is 2. The van der Waals surface area contributed by atoms with Gasteiger partial charge in [-0.25, -0.2) is 0 Å². The average molecular weight is 584 g/mol. The number of benzene rings is 1. The van der Waals surface area contributed by atoms with Crippen LogP contribution in [0.25, 0.3) is 0 Å². The molecule has 0 unspecified atom stereocenters. The summed E-state index contributed by atoms with van der Waals surface area (Å²) in [4.78, 5) is 27.0. The lowest BCUT2D eigenvalue weighted by molar-refractivity contribution is -0.132. The molecule has 2 aliphatic carbocycles. The number of nitrogens with one attached hydrogen (secondary N) is 2. The summed E-state index contributed by atoms with van der Waals surface area (Å²) in [5.41, 5.74) is 6.44. The number of hydrogen-bond acceptors (Lipinski definition) is 4. The topological polar surface area (TPSA) is 104 Å². The van der Waals surface area contributed by atoms with Crippen LogP contribution in [-0.4, -0.2) is 36.6 Å². The minimum absolute atomic E-state index is 0.000451. The van der Waals surface area contributed by atoms with Crippen molar-refractivity contribution in [2.75, 3.05) is 19.6 Å². The molecule has 2 fully saturated rings. The maximum Gasteiger partial charge on any atom is 0.223 e. The number of aliphatic hydroxyl groups is 1. The van der Waals surface area contributed by atoms with Crippen molar-refractivity contribution in [2.24, 2.45) is 52.6 Å². The summed E-state index contributed by atoms with van der Waals surface area (Å²) >= 11 is 0. The van der Waals surface area contributed by atoms with Gasteiger partial charge >= 0.3 is 0 Å². The van der Waals surface area contributed by atoms with E-state index in [0.29, 0.717) is 29.6 Å². The van der Waals surface area contributed by atoms with Crippen molar-refractivity contribution in [1.82, 2.24) is 10.6 Å². The van der Waals surface area contributed by atoms with Gasteiger partial charge < -0.3 is 21.5 Å². The van der Waals surface area contributed by atoms with Gasteiger partial charge in [-0.3, -0.25) is 9.59 Å². The van der Waals surface area contributed by atoms with Crippen LogP contribution in [0, 0.1) is 46.8 Å². The molecule has 42 heavy (non-hydrogen) atoms. The van der Waals surface area contributed by atoms with Gasteiger partial charge in [-0.05, 0) is 92.1 Å². The second-order valence-corrected chi connectivity index (χ2v) is 14.7. The van der Waals surface area contributed by atoms with Crippen molar-refractivity contribution in [3.63, 3.8) is 0 Å². The molecule has 2 amide bonds. The summed E-state index contributed by atoms with van der Waals surface area (Å²) in [6.07, 6.45) is 11.0. The predicted octanol–water partition coefficient (Wildman–Crippen LogP) is 6.63. The van der Waals surface area contributed by atoms with Gasteiger partial charge in [-0.15, -0.1) is 0 Å². The van der Waals surface area contributed by atoms with E-state index in [1.165, 1.54) is 6.42 Å². The number of carbonyl (C=O) groups excluding carboxylic acids is 2. The first kappa shape index (κ1) is 34.6. The minimum atomic E-state index is -0.701. The van der Waals surface area contributed by atoms with E-state index in [1.807, 2.05) is 30.3 Å². The van der Waals surface area contributed by atoms with Gasteiger partial charge in [0.2, 0.25) is 11.8 Å². The van der Waals surface area contributed by atoms with E-state index in [2.05, 4.69) is 45.3 Å². The Bertz CT molecular complexity index is 949. The number of rotatable bonds is 15. The molecule has 0 radical (unpaired) electrons. The van der Waals surface area contributed by atoms with Gasteiger partial charge in [-0.1, -0.05) is 90.6 Å². The van der Waals surface area contributed by atoms with Crippen LogP contribution in [0.2, 0.25) is 0 Å². The van der Waals surface area contributed by atoms with Crippen molar-refractivity contribution in [1.29, 1.82) is 0 Å². The van der Waals surface area contributed by atoms with E-state index in [4.69, 9.17) is 5.73 Å². The molecule has 0 bridgehead atoms. The molecule has 5 N–H and O–H groups in total. The molecule has 1 aromatic rings. The van der Waals surface area contributed by atoms with Crippen LogP contribution in [-0.2, 0) is 9.59 Å². The highest BCUT2D eigenvalue weighted by Crippen LogP contribution is 2.50. The molecule has 0 spiro atoms. The van der Waals surface area contributed by atoms with E-state index in [-0.39, 0.29) is 35.6 Å². The number of amides is 2. The zero-order valence-electron chi connectivity index (χ0n) is 27.2. The normalized spacial score (nSPS) is 27.4. The first-order valence-electron chi connectivity index (χ1n) is 17.0. The van der Waals surface area contributed by atoms with Crippen molar-refractivity contribution in [3.05, 3.63) is 35.9 Å². The Hall–Kier alpha value is -1.92. The average Bonchev–Trinajstić information content (AvgIpc) is 2.97. The molecule has 0 saturated heterocycles. The SMILES string of the molecule is CC(C)[C@@H]1CC[C@@H](CC(C)(C)[C@@H]2CC[C@@H](C)C[C@H]2C(=O)NC[C@H](O)c2ccccc2)C[C@H]1C(=O)NCCCCCCN. The number of unbranched alkanes of at least 4 members (excludes halogenated alkanes) is 3. The lowest BCUT2D eigenvalue weighted by Gasteiger charge is -2.47. The van der Waals surface area contributed by atoms with Crippen LogP contribution < -0.4 is 16.4 Å². The van der Waals surface area contributed by atoms with Crippen LogP contribution in [0.1, 0.15) is 117 Å². The number of aliphatic hydroxyl groups excluding tert-OH is 1. The molecule has 2 aliphatic rings. The Morgan fingerprint density at radius 1 is 0.929 bits per heavy atom. The van der Waals surface area contributed by atoms with Crippen LogP contribution in [0.5, 0.6) is 0 Å². The second kappa shape index (κ2) is 16.8. The Labute approximate surface area is 256 Å². The molecular formula is C36H61N3O3. The maximum absolute atomic E-state index is 13.6. The molecular weight excluding hydrogens is 522 g/mol. The molecule has 7 atom stereocenters.